The van der Waals surface area contributed by atoms with Crippen LogP contribution in [0.3, 0.4) is 0 Å². The zero-order chi connectivity index (χ0) is 23.8. The molecule has 4 rings (SSSR count). The van der Waals surface area contributed by atoms with E-state index in [1.165, 1.54) is 79.2 Å². The summed E-state index contributed by atoms with van der Waals surface area (Å²) in [5, 5.41) is 0. The highest BCUT2D eigenvalue weighted by atomic mass is 16.5. The summed E-state index contributed by atoms with van der Waals surface area (Å²) in [5.74, 6) is 3.37. The molecule has 0 radical (unpaired) electrons. The quantitative estimate of drug-likeness (QED) is 0.296. The van der Waals surface area contributed by atoms with Crippen molar-refractivity contribution in [2.45, 2.75) is 78.1 Å². The molecule has 0 spiro atoms. The van der Waals surface area contributed by atoms with Gasteiger partial charge in [-0.25, -0.2) is 0 Å². The van der Waals surface area contributed by atoms with E-state index in [-0.39, 0.29) is 0 Å². The molecule has 0 aromatic heterocycles. The Bertz CT molecular complexity index is 1000. The van der Waals surface area contributed by atoms with Gasteiger partial charge in [0.2, 0.25) is 0 Å². The molecule has 1 nitrogen and oxygen atoms in total. The van der Waals surface area contributed by atoms with E-state index in [2.05, 4.69) is 93.6 Å². The Morgan fingerprint density at radius 3 is 2.21 bits per heavy atom. The van der Waals surface area contributed by atoms with Crippen LogP contribution in [0.25, 0.3) is 22.3 Å². The first-order chi connectivity index (χ1) is 16.7. The van der Waals surface area contributed by atoms with Gasteiger partial charge >= 0.3 is 0 Å². The molecule has 3 unspecified atom stereocenters. The summed E-state index contributed by atoms with van der Waals surface area (Å²) in [4.78, 5) is 0. The molecule has 3 atom stereocenters. The van der Waals surface area contributed by atoms with Crippen molar-refractivity contribution in [2.24, 2.45) is 11.8 Å². The Kier molecular flexibility index (Phi) is 8.85. The molecule has 1 aliphatic carbocycles. The summed E-state index contributed by atoms with van der Waals surface area (Å²) in [5.41, 5.74) is 6.40. The Morgan fingerprint density at radius 2 is 1.50 bits per heavy atom. The molecular formula is C33H42O. The first-order valence-corrected chi connectivity index (χ1v) is 13.7. The van der Waals surface area contributed by atoms with Crippen molar-refractivity contribution in [3.8, 4) is 28.0 Å². The topological polar surface area (TPSA) is 9.23 Å². The van der Waals surface area contributed by atoms with E-state index in [4.69, 9.17) is 4.74 Å². The Balaban J connectivity index is 1.61. The second-order valence-corrected chi connectivity index (χ2v) is 10.00. The predicted octanol–water partition coefficient (Wildman–Crippen LogP) is 9.91. The number of unbranched alkanes of at least 4 members (excludes halogenated alkanes) is 1. The van der Waals surface area contributed by atoms with Crippen molar-refractivity contribution in [3.05, 3.63) is 78.4 Å². The molecule has 0 saturated heterocycles. The highest BCUT2D eigenvalue weighted by Crippen LogP contribution is 2.45. The minimum atomic E-state index is 0.635. The molecule has 3 aromatic carbocycles. The van der Waals surface area contributed by atoms with E-state index < -0.39 is 0 Å². The van der Waals surface area contributed by atoms with Gasteiger partial charge in [0.05, 0.1) is 6.61 Å². The van der Waals surface area contributed by atoms with E-state index in [9.17, 15) is 0 Å². The number of hydrogen-bond acceptors (Lipinski definition) is 1. The smallest absolute Gasteiger partial charge is 0.127 e. The third-order valence-electron chi connectivity index (χ3n) is 7.89. The Labute approximate surface area is 207 Å². The van der Waals surface area contributed by atoms with Gasteiger partial charge in [0, 0.05) is 5.56 Å². The molecule has 1 saturated carbocycles. The van der Waals surface area contributed by atoms with Crippen LogP contribution in [0.5, 0.6) is 5.75 Å². The second-order valence-electron chi connectivity index (χ2n) is 10.00. The van der Waals surface area contributed by atoms with Crippen LogP contribution >= 0.6 is 0 Å². The lowest BCUT2D eigenvalue weighted by Gasteiger charge is -2.37. The maximum atomic E-state index is 6.22. The lowest BCUT2D eigenvalue weighted by atomic mass is 9.68. The fourth-order valence-corrected chi connectivity index (χ4v) is 6.13. The zero-order valence-electron chi connectivity index (χ0n) is 21.4. The second kappa shape index (κ2) is 12.2. The largest absolute Gasteiger partial charge is 0.493 e. The fourth-order valence-electron chi connectivity index (χ4n) is 6.13. The fraction of sp³-hybridized carbons (Fsp3) is 0.455. The van der Waals surface area contributed by atoms with E-state index in [0.29, 0.717) is 12.5 Å². The number of hydrogen-bond donors (Lipinski definition) is 0. The monoisotopic (exact) mass is 454 g/mol. The molecule has 0 bridgehead atoms. The van der Waals surface area contributed by atoms with Crippen LogP contribution in [0, 0.1) is 11.8 Å². The highest BCUT2D eigenvalue weighted by Gasteiger charge is 2.31. The predicted molar refractivity (Wildman–Crippen MR) is 146 cm³/mol. The molecule has 180 valence electrons. The SMILES string of the molecule is CCCCC1CCCCC1C(CC)c1ccc(-c2ccc(-c3ccccc3)cc2)c(OCC)c1. The van der Waals surface area contributed by atoms with Gasteiger partial charge in [-0.3, -0.25) is 0 Å². The van der Waals surface area contributed by atoms with Crippen molar-refractivity contribution in [1.82, 2.24) is 0 Å². The maximum absolute atomic E-state index is 6.22. The van der Waals surface area contributed by atoms with Crippen LogP contribution in [-0.2, 0) is 0 Å². The van der Waals surface area contributed by atoms with E-state index in [1.54, 1.807) is 0 Å². The Morgan fingerprint density at radius 1 is 0.794 bits per heavy atom. The molecule has 3 aromatic rings. The average Bonchev–Trinajstić information content (AvgIpc) is 2.90. The third-order valence-corrected chi connectivity index (χ3v) is 7.89. The van der Waals surface area contributed by atoms with Gasteiger partial charge in [0.15, 0.2) is 0 Å². The standard InChI is InChI=1S/C33H42O/c1-4-7-13-27-16-11-12-17-31(27)30(5-2)29-22-23-32(33(24-29)34-6-3)28-20-18-26(19-21-28)25-14-9-8-10-15-25/h8-10,14-15,18-24,27,30-31H,4-7,11-13,16-17H2,1-3H3. The maximum Gasteiger partial charge on any atom is 0.127 e. The molecular weight excluding hydrogens is 412 g/mol. The summed E-state index contributed by atoms with van der Waals surface area (Å²) in [7, 11) is 0. The summed E-state index contributed by atoms with van der Waals surface area (Å²) in [6.07, 6.45) is 10.9. The zero-order valence-corrected chi connectivity index (χ0v) is 21.4. The van der Waals surface area contributed by atoms with Crippen LogP contribution in [0.2, 0.25) is 0 Å². The van der Waals surface area contributed by atoms with Crippen LogP contribution in [0.15, 0.2) is 72.8 Å². The molecule has 0 amide bonds. The summed E-state index contributed by atoms with van der Waals surface area (Å²) >= 11 is 0. The van der Waals surface area contributed by atoms with Crippen molar-refractivity contribution in [2.75, 3.05) is 6.61 Å². The molecule has 1 aliphatic rings. The van der Waals surface area contributed by atoms with Crippen molar-refractivity contribution in [3.63, 3.8) is 0 Å². The summed E-state index contributed by atoms with van der Waals surface area (Å²) in [6, 6.07) is 26.6. The van der Waals surface area contributed by atoms with Crippen LogP contribution < -0.4 is 4.74 Å². The molecule has 1 fully saturated rings. The number of ether oxygens (including phenoxy) is 1. The molecule has 0 heterocycles. The van der Waals surface area contributed by atoms with Gasteiger partial charge in [-0.05, 0) is 65.8 Å². The molecule has 0 N–H and O–H groups in total. The minimum absolute atomic E-state index is 0.635. The van der Waals surface area contributed by atoms with Crippen molar-refractivity contribution >= 4 is 0 Å². The summed E-state index contributed by atoms with van der Waals surface area (Å²) in [6.45, 7) is 7.49. The molecule has 1 heteroatoms. The first-order valence-electron chi connectivity index (χ1n) is 13.7. The van der Waals surface area contributed by atoms with Gasteiger partial charge in [0.25, 0.3) is 0 Å². The van der Waals surface area contributed by atoms with Crippen LogP contribution in [-0.4, -0.2) is 6.61 Å². The molecule has 34 heavy (non-hydrogen) atoms. The van der Waals surface area contributed by atoms with Gasteiger partial charge < -0.3 is 4.74 Å². The van der Waals surface area contributed by atoms with Crippen LogP contribution in [0.4, 0.5) is 0 Å². The average molecular weight is 455 g/mol. The minimum Gasteiger partial charge on any atom is -0.493 e. The van der Waals surface area contributed by atoms with Gasteiger partial charge in [-0.15, -0.1) is 0 Å². The highest BCUT2D eigenvalue weighted by molar-refractivity contribution is 5.74. The first kappa shape index (κ1) is 24.6. The number of rotatable bonds is 10. The number of benzene rings is 3. The van der Waals surface area contributed by atoms with Crippen LogP contribution in [0.1, 0.15) is 83.6 Å². The van der Waals surface area contributed by atoms with Gasteiger partial charge in [0.1, 0.15) is 5.75 Å². The van der Waals surface area contributed by atoms with E-state index in [0.717, 1.165) is 17.6 Å². The lowest BCUT2D eigenvalue weighted by Crippen LogP contribution is -2.25. The van der Waals surface area contributed by atoms with Gasteiger partial charge in [-0.1, -0.05) is 119 Å². The van der Waals surface area contributed by atoms with Crippen molar-refractivity contribution < 1.29 is 4.74 Å². The van der Waals surface area contributed by atoms with E-state index in [1.807, 2.05) is 0 Å². The molecule has 0 aliphatic heterocycles. The lowest BCUT2D eigenvalue weighted by molar-refractivity contribution is 0.182. The normalized spacial score (nSPS) is 19.0. The van der Waals surface area contributed by atoms with Gasteiger partial charge in [-0.2, -0.15) is 0 Å². The third kappa shape index (κ3) is 5.74. The van der Waals surface area contributed by atoms with E-state index >= 15 is 0 Å². The Hall–Kier alpha value is -2.54. The van der Waals surface area contributed by atoms with Crippen molar-refractivity contribution in [1.29, 1.82) is 0 Å². The summed E-state index contributed by atoms with van der Waals surface area (Å²) < 4.78 is 6.22.